The third-order valence-corrected chi connectivity index (χ3v) is 5.82. The molecule has 5 rings (SSSR count). The number of nitrogens with one attached hydrogen (secondary N) is 3. The molecule has 2 fully saturated rings. The van der Waals surface area contributed by atoms with Crippen molar-refractivity contribution in [2.24, 2.45) is 0 Å². The van der Waals surface area contributed by atoms with Gasteiger partial charge in [0.25, 0.3) is 0 Å². The molecule has 0 spiro atoms. The summed E-state index contributed by atoms with van der Waals surface area (Å²) in [4.78, 5) is 13.9. The Morgan fingerprint density at radius 1 is 1.03 bits per heavy atom. The van der Waals surface area contributed by atoms with Crippen LogP contribution < -0.4 is 15.5 Å². The van der Waals surface area contributed by atoms with Crippen molar-refractivity contribution in [2.45, 2.75) is 25.3 Å². The molecular weight excluding hydrogens is 376 g/mol. The Morgan fingerprint density at radius 2 is 1.83 bits per heavy atom. The van der Waals surface area contributed by atoms with Crippen molar-refractivity contribution in [1.82, 2.24) is 25.1 Å². The summed E-state index contributed by atoms with van der Waals surface area (Å²) < 4.78 is 0. The van der Waals surface area contributed by atoms with E-state index in [1.165, 1.54) is 24.1 Å². The summed E-state index contributed by atoms with van der Waals surface area (Å²) >= 11 is 0. The zero-order chi connectivity index (χ0) is 20.3. The predicted octanol–water partition coefficient (Wildman–Crippen LogP) is 3.18. The first-order valence-electron chi connectivity index (χ1n) is 10.7. The van der Waals surface area contributed by atoms with E-state index in [9.17, 15) is 0 Å². The number of anilines is 4. The van der Waals surface area contributed by atoms with Gasteiger partial charge in [0, 0.05) is 69.3 Å². The van der Waals surface area contributed by atoms with Crippen LogP contribution in [0.1, 0.15) is 30.0 Å². The minimum atomic E-state index is 0.659. The van der Waals surface area contributed by atoms with Gasteiger partial charge < -0.3 is 15.5 Å². The van der Waals surface area contributed by atoms with E-state index in [0.29, 0.717) is 5.92 Å². The van der Waals surface area contributed by atoms with Crippen molar-refractivity contribution >= 4 is 23.3 Å². The summed E-state index contributed by atoms with van der Waals surface area (Å²) in [7, 11) is 1.95. The van der Waals surface area contributed by atoms with Crippen LogP contribution in [0.25, 0.3) is 0 Å². The zero-order valence-corrected chi connectivity index (χ0v) is 17.3. The first kappa shape index (κ1) is 18.9. The van der Waals surface area contributed by atoms with Crippen LogP contribution in [0, 0.1) is 0 Å². The Hall–Kier alpha value is -3.13. The molecule has 1 saturated carbocycles. The molecule has 0 radical (unpaired) electrons. The fourth-order valence-corrected chi connectivity index (χ4v) is 3.85. The molecule has 1 aliphatic carbocycles. The number of rotatable bonds is 7. The van der Waals surface area contributed by atoms with Crippen molar-refractivity contribution < 1.29 is 0 Å². The molecule has 1 aliphatic heterocycles. The molecule has 2 aromatic heterocycles. The molecule has 3 aromatic rings. The largest absolute Gasteiger partial charge is 0.388 e. The smallest absolute Gasteiger partial charge is 0.227 e. The topological polar surface area (TPSA) is 85.0 Å². The number of aromatic amines is 1. The van der Waals surface area contributed by atoms with Gasteiger partial charge >= 0.3 is 0 Å². The Morgan fingerprint density at radius 3 is 2.57 bits per heavy atom. The van der Waals surface area contributed by atoms with Crippen LogP contribution in [-0.4, -0.2) is 58.3 Å². The molecule has 0 amide bonds. The van der Waals surface area contributed by atoms with E-state index < -0.39 is 0 Å². The van der Waals surface area contributed by atoms with Crippen molar-refractivity contribution in [3.05, 3.63) is 53.9 Å². The Kier molecular flexibility index (Phi) is 5.23. The summed E-state index contributed by atoms with van der Waals surface area (Å²) in [6.45, 7) is 4.82. The maximum Gasteiger partial charge on any atom is 0.227 e. The molecule has 8 nitrogen and oxygen atoms in total. The SMILES string of the molecule is CNc1ccc(CN2CCN(c3nccc(Nc4cc(C5CC5)[nH]n4)n3)CC2)cc1. The molecule has 156 valence electrons. The average molecular weight is 405 g/mol. The predicted molar refractivity (Wildman–Crippen MR) is 119 cm³/mol. The fraction of sp³-hybridized carbons (Fsp3) is 0.409. The van der Waals surface area contributed by atoms with E-state index in [2.05, 4.69) is 65.9 Å². The lowest BCUT2D eigenvalue weighted by Crippen LogP contribution is -2.46. The van der Waals surface area contributed by atoms with E-state index in [1.807, 2.05) is 19.3 Å². The van der Waals surface area contributed by atoms with Gasteiger partial charge in [0.2, 0.25) is 5.95 Å². The Labute approximate surface area is 176 Å². The average Bonchev–Trinajstić information content (AvgIpc) is 3.54. The number of hydrogen-bond acceptors (Lipinski definition) is 7. The number of piperazine rings is 1. The van der Waals surface area contributed by atoms with Gasteiger partial charge in [-0.1, -0.05) is 12.1 Å². The molecule has 1 saturated heterocycles. The highest BCUT2D eigenvalue weighted by Crippen LogP contribution is 2.39. The van der Waals surface area contributed by atoms with Gasteiger partial charge in [0.15, 0.2) is 5.82 Å². The van der Waals surface area contributed by atoms with Gasteiger partial charge in [0.1, 0.15) is 5.82 Å². The van der Waals surface area contributed by atoms with E-state index in [4.69, 9.17) is 4.98 Å². The molecule has 1 aromatic carbocycles. The number of hydrogen-bond donors (Lipinski definition) is 3. The third kappa shape index (κ3) is 4.38. The molecule has 0 unspecified atom stereocenters. The number of benzene rings is 1. The molecule has 0 bridgehead atoms. The summed E-state index contributed by atoms with van der Waals surface area (Å²) in [6, 6.07) is 12.6. The lowest BCUT2D eigenvalue weighted by atomic mass is 10.2. The van der Waals surface area contributed by atoms with E-state index in [0.717, 1.165) is 56.0 Å². The Bertz CT molecular complexity index is 971. The molecule has 3 heterocycles. The maximum atomic E-state index is 4.71. The van der Waals surface area contributed by atoms with E-state index in [1.54, 1.807) is 0 Å². The quantitative estimate of drug-likeness (QED) is 0.558. The molecule has 30 heavy (non-hydrogen) atoms. The van der Waals surface area contributed by atoms with Gasteiger partial charge in [-0.05, 0) is 36.6 Å². The summed E-state index contributed by atoms with van der Waals surface area (Å²) in [5.74, 6) is 3.03. The monoisotopic (exact) mass is 404 g/mol. The standard InChI is InChI=1S/C22H28N8/c1-23-18-6-2-16(3-7-18)15-29-10-12-30(13-11-29)22-24-9-8-20(26-22)25-21-14-19(27-28-21)17-4-5-17/h2-3,6-9,14,17,23H,4-5,10-13,15H2,1H3,(H2,24,25,26,27,28). The number of H-pyrrole nitrogens is 1. The minimum absolute atomic E-state index is 0.659. The van der Waals surface area contributed by atoms with Gasteiger partial charge in [0.05, 0.1) is 0 Å². The first-order valence-corrected chi connectivity index (χ1v) is 10.7. The van der Waals surface area contributed by atoms with Crippen LogP contribution in [0.2, 0.25) is 0 Å². The molecule has 8 heteroatoms. The first-order chi connectivity index (χ1) is 14.8. The lowest BCUT2D eigenvalue weighted by Gasteiger charge is -2.34. The van der Waals surface area contributed by atoms with Crippen molar-refractivity contribution in [3.63, 3.8) is 0 Å². The van der Waals surface area contributed by atoms with Crippen LogP contribution in [0.4, 0.5) is 23.3 Å². The molecular formula is C22H28N8. The van der Waals surface area contributed by atoms with Gasteiger partial charge in [-0.3, -0.25) is 10.00 Å². The summed E-state index contributed by atoms with van der Waals surface area (Å²) in [5.41, 5.74) is 3.70. The van der Waals surface area contributed by atoms with Crippen molar-refractivity contribution in [3.8, 4) is 0 Å². The highest BCUT2D eigenvalue weighted by molar-refractivity contribution is 5.53. The van der Waals surface area contributed by atoms with Crippen LogP contribution in [-0.2, 0) is 6.54 Å². The van der Waals surface area contributed by atoms with Gasteiger partial charge in [-0.25, -0.2) is 4.98 Å². The molecule has 3 N–H and O–H groups in total. The summed E-state index contributed by atoms with van der Waals surface area (Å²) in [6.07, 6.45) is 4.33. The highest BCUT2D eigenvalue weighted by atomic mass is 15.3. The molecule has 2 aliphatic rings. The van der Waals surface area contributed by atoms with Gasteiger partial charge in [-0.2, -0.15) is 10.1 Å². The van der Waals surface area contributed by atoms with Crippen LogP contribution in [0.5, 0.6) is 0 Å². The number of nitrogens with zero attached hydrogens (tertiary/aromatic N) is 5. The fourth-order valence-electron chi connectivity index (χ4n) is 3.85. The zero-order valence-electron chi connectivity index (χ0n) is 17.3. The number of aromatic nitrogens is 4. The third-order valence-electron chi connectivity index (χ3n) is 5.82. The lowest BCUT2D eigenvalue weighted by molar-refractivity contribution is 0.249. The van der Waals surface area contributed by atoms with E-state index >= 15 is 0 Å². The second-order valence-corrected chi connectivity index (χ2v) is 8.06. The second kappa shape index (κ2) is 8.31. The highest BCUT2D eigenvalue weighted by Gasteiger charge is 2.25. The van der Waals surface area contributed by atoms with Crippen molar-refractivity contribution in [1.29, 1.82) is 0 Å². The Balaban J connectivity index is 1.17. The van der Waals surface area contributed by atoms with Gasteiger partial charge in [-0.15, -0.1) is 0 Å². The maximum absolute atomic E-state index is 4.71. The van der Waals surface area contributed by atoms with Crippen LogP contribution in [0.3, 0.4) is 0 Å². The molecule has 0 atom stereocenters. The normalized spacial score (nSPS) is 17.2. The van der Waals surface area contributed by atoms with Crippen molar-refractivity contribution in [2.75, 3.05) is 48.8 Å². The minimum Gasteiger partial charge on any atom is -0.388 e. The van der Waals surface area contributed by atoms with E-state index in [-0.39, 0.29) is 0 Å². The second-order valence-electron chi connectivity index (χ2n) is 8.06. The summed E-state index contributed by atoms with van der Waals surface area (Å²) in [5, 5.41) is 13.9. The van der Waals surface area contributed by atoms with Crippen LogP contribution in [0.15, 0.2) is 42.6 Å². The van der Waals surface area contributed by atoms with Crippen LogP contribution >= 0.6 is 0 Å².